The molecule has 8 heteroatoms. The van der Waals surface area contributed by atoms with Gasteiger partial charge in [0.25, 0.3) is 5.56 Å². The number of nitrogens with zero attached hydrogens (tertiary/aromatic N) is 2. The molecule has 2 aromatic carbocycles. The number of hydrogen-bond donors (Lipinski definition) is 2. The number of aromatic hydroxyl groups is 1. The number of fused-ring (bicyclic) bond motifs is 1. The summed E-state index contributed by atoms with van der Waals surface area (Å²) in [5, 5.41) is 11.9. The van der Waals surface area contributed by atoms with Gasteiger partial charge in [-0.1, -0.05) is 30.3 Å². The van der Waals surface area contributed by atoms with Crippen molar-refractivity contribution in [3.05, 3.63) is 105 Å². The van der Waals surface area contributed by atoms with Gasteiger partial charge in [-0.05, 0) is 41.3 Å². The highest BCUT2D eigenvalue weighted by atomic mass is 32.1. The molecule has 0 atom stereocenters. The summed E-state index contributed by atoms with van der Waals surface area (Å²) in [6.07, 6.45) is 1.62. The molecule has 0 radical (unpaired) electrons. The van der Waals surface area contributed by atoms with Crippen LogP contribution in [-0.4, -0.2) is 25.4 Å². The number of H-pyrrole nitrogens is 1. The first-order valence-electron chi connectivity index (χ1n) is 9.75. The maximum absolute atomic E-state index is 13.7. The first-order chi connectivity index (χ1) is 15.5. The zero-order chi connectivity index (χ0) is 22.2. The van der Waals surface area contributed by atoms with Gasteiger partial charge in [0.1, 0.15) is 16.3 Å². The Labute approximate surface area is 185 Å². The third-order valence-corrected chi connectivity index (χ3v) is 6.02. The van der Waals surface area contributed by atoms with Gasteiger partial charge < -0.3 is 14.7 Å². The molecule has 0 aliphatic carbocycles. The van der Waals surface area contributed by atoms with Gasteiger partial charge >= 0.3 is 0 Å². The van der Waals surface area contributed by atoms with Crippen molar-refractivity contribution in [3.63, 3.8) is 0 Å². The van der Waals surface area contributed by atoms with Gasteiger partial charge in [0, 0.05) is 18.3 Å². The Kier molecular flexibility index (Phi) is 4.91. The molecule has 0 bridgehead atoms. The lowest BCUT2D eigenvalue weighted by molar-refractivity contribution is 0.103. The second-order valence-electron chi connectivity index (χ2n) is 7.27. The molecule has 0 aliphatic rings. The van der Waals surface area contributed by atoms with Crippen LogP contribution in [0.1, 0.15) is 21.5 Å². The number of carbonyl (C=O) groups is 1. The average molecular weight is 445 g/mol. The number of thiophene rings is 1. The van der Waals surface area contributed by atoms with Crippen molar-refractivity contribution in [1.29, 1.82) is 0 Å². The average Bonchev–Trinajstić information content (AvgIpc) is 3.43. The molecule has 6 nitrogen and oxygen atoms in total. The number of nitrogens with one attached hydrogen (secondary N) is 1. The van der Waals surface area contributed by atoms with Crippen LogP contribution >= 0.6 is 11.3 Å². The Morgan fingerprint density at radius 2 is 1.94 bits per heavy atom. The number of hydrogen-bond acceptors (Lipinski definition) is 5. The number of carbonyl (C=O) groups excluding carboxylic acids is 1. The van der Waals surface area contributed by atoms with E-state index >= 15 is 0 Å². The maximum Gasteiger partial charge on any atom is 0.269 e. The number of benzene rings is 2. The van der Waals surface area contributed by atoms with Gasteiger partial charge in [0.05, 0.1) is 16.8 Å². The van der Waals surface area contributed by atoms with Gasteiger partial charge in [0.15, 0.2) is 11.6 Å². The molecule has 0 amide bonds. The van der Waals surface area contributed by atoms with E-state index in [1.54, 1.807) is 28.3 Å². The smallest absolute Gasteiger partial charge is 0.269 e. The Morgan fingerprint density at radius 3 is 2.75 bits per heavy atom. The van der Waals surface area contributed by atoms with E-state index in [1.807, 2.05) is 30.3 Å². The van der Waals surface area contributed by atoms with E-state index in [2.05, 4.69) is 9.97 Å². The summed E-state index contributed by atoms with van der Waals surface area (Å²) in [6.45, 7) is 0.421. The van der Waals surface area contributed by atoms with Gasteiger partial charge in [-0.25, -0.2) is 9.37 Å². The lowest BCUT2D eigenvalue weighted by Gasteiger charge is -2.09. The summed E-state index contributed by atoms with van der Waals surface area (Å²) in [6, 6.07) is 16.2. The molecule has 158 valence electrons. The molecule has 0 aliphatic heterocycles. The summed E-state index contributed by atoms with van der Waals surface area (Å²) in [7, 11) is 0. The van der Waals surface area contributed by atoms with Crippen LogP contribution in [0, 0.1) is 5.82 Å². The van der Waals surface area contributed by atoms with E-state index in [0.717, 1.165) is 23.8 Å². The lowest BCUT2D eigenvalue weighted by Crippen LogP contribution is -2.10. The predicted molar refractivity (Wildman–Crippen MR) is 121 cm³/mol. The first-order valence-corrected chi connectivity index (χ1v) is 10.6. The van der Waals surface area contributed by atoms with Crippen LogP contribution < -0.4 is 5.56 Å². The topological polar surface area (TPSA) is 88.0 Å². The normalized spacial score (nSPS) is 11.2. The predicted octanol–water partition coefficient (Wildman–Crippen LogP) is 4.58. The van der Waals surface area contributed by atoms with Crippen LogP contribution in [-0.2, 0) is 6.54 Å². The molecule has 2 N–H and O–H groups in total. The van der Waals surface area contributed by atoms with Crippen LogP contribution in [0.5, 0.6) is 5.75 Å². The van der Waals surface area contributed by atoms with Crippen molar-refractivity contribution >= 4 is 27.3 Å². The molecular formula is C24H16FN3O3S. The van der Waals surface area contributed by atoms with Crippen LogP contribution in [0.25, 0.3) is 21.7 Å². The number of phenols is 1. The lowest BCUT2D eigenvalue weighted by atomic mass is 10.0. The summed E-state index contributed by atoms with van der Waals surface area (Å²) >= 11 is 1.30. The Hall–Kier alpha value is -4.04. The second-order valence-corrected chi connectivity index (χ2v) is 8.18. The van der Waals surface area contributed by atoms with E-state index in [0.29, 0.717) is 28.3 Å². The zero-order valence-corrected chi connectivity index (χ0v) is 17.4. The van der Waals surface area contributed by atoms with Gasteiger partial charge in [-0.2, -0.15) is 0 Å². The fourth-order valence-electron chi connectivity index (χ4n) is 3.58. The van der Waals surface area contributed by atoms with Crippen LogP contribution in [0.3, 0.4) is 0 Å². The van der Waals surface area contributed by atoms with Gasteiger partial charge in [-0.3, -0.25) is 9.59 Å². The fraction of sp³-hybridized carbons (Fsp3) is 0.0417. The number of phenolic OH excluding ortho intramolecular Hbond substituents is 1. The minimum Gasteiger partial charge on any atom is -0.507 e. The van der Waals surface area contributed by atoms with Gasteiger partial charge in [0.2, 0.25) is 0 Å². The highest BCUT2D eigenvalue weighted by Crippen LogP contribution is 2.27. The largest absolute Gasteiger partial charge is 0.507 e. The minimum absolute atomic E-state index is 0.136. The summed E-state index contributed by atoms with van der Waals surface area (Å²) in [4.78, 5) is 32.9. The highest BCUT2D eigenvalue weighted by molar-refractivity contribution is 7.17. The third kappa shape index (κ3) is 3.61. The SMILES string of the molecule is O=C(c1cc(-c2nc3ccsc3c(=O)[nH]2)n(Cc2ccccc2)c1)c1cc(F)ccc1O. The van der Waals surface area contributed by atoms with Crippen molar-refractivity contribution in [3.8, 4) is 17.3 Å². The van der Waals surface area contributed by atoms with Crippen molar-refractivity contribution in [2.75, 3.05) is 0 Å². The fourth-order valence-corrected chi connectivity index (χ4v) is 4.31. The molecule has 0 unspecified atom stereocenters. The number of aromatic amines is 1. The van der Waals surface area contributed by atoms with E-state index < -0.39 is 11.6 Å². The standard InChI is InChI=1S/C24H16FN3O3S/c25-16-6-7-20(29)17(11-16)21(30)15-10-19(28(13-15)12-14-4-2-1-3-5-14)23-26-18-8-9-32-22(18)24(31)27-23/h1-11,13,29H,12H2,(H,26,27,31). The molecule has 0 saturated carbocycles. The van der Waals surface area contributed by atoms with Crippen LogP contribution in [0.2, 0.25) is 0 Å². The van der Waals surface area contributed by atoms with E-state index in [1.165, 1.54) is 11.3 Å². The van der Waals surface area contributed by atoms with Crippen molar-refractivity contribution in [1.82, 2.24) is 14.5 Å². The molecule has 3 aromatic heterocycles. The van der Waals surface area contributed by atoms with Crippen molar-refractivity contribution < 1.29 is 14.3 Å². The second kappa shape index (κ2) is 7.90. The first kappa shape index (κ1) is 19.9. The Bertz CT molecular complexity index is 1520. The van der Waals surface area contributed by atoms with Gasteiger partial charge in [-0.15, -0.1) is 11.3 Å². The van der Waals surface area contributed by atoms with Crippen LogP contribution in [0.4, 0.5) is 4.39 Å². The maximum atomic E-state index is 13.7. The molecule has 0 spiro atoms. The minimum atomic E-state index is -0.621. The highest BCUT2D eigenvalue weighted by Gasteiger charge is 2.20. The molecule has 32 heavy (non-hydrogen) atoms. The monoisotopic (exact) mass is 445 g/mol. The number of rotatable bonds is 5. The Balaban J connectivity index is 1.65. The summed E-state index contributed by atoms with van der Waals surface area (Å²) in [5.41, 5.74) is 1.92. The zero-order valence-electron chi connectivity index (χ0n) is 16.6. The quantitative estimate of drug-likeness (QED) is 0.388. The van der Waals surface area contributed by atoms with E-state index in [9.17, 15) is 19.1 Å². The number of ketones is 1. The number of halogens is 1. The summed E-state index contributed by atoms with van der Waals surface area (Å²) in [5.74, 6) is -1.14. The van der Waals surface area contributed by atoms with Crippen molar-refractivity contribution in [2.24, 2.45) is 0 Å². The molecule has 0 saturated heterocycles. The van der Waals surface area contributed by atoms with Crippen molar-refractivity contribution in [2.45, 2.75) is 6.54 Å². The molecule has 3 heterocycles. The van der Waals surface area contributed by atoms with Crippen LogP contribution in [0.15, 0.2) is 77.0 Å². The molecule has 0 fully saturated rings. The Morgan fingerprint density at radius 1 is 1.12 bits per heavy atom. The molecular weight excluding hydrogens is 429 g/mol. The number of aromatic nitrogens is 3. The van der Waals surface area contributed by atoms with E-state index in [4.69, 9.17) is 0 Å². The summed E-state index contributed by atoms with van der Waals surface area (Å²) < 4.78 is 16.0. The molecule has 5 rings (SSSR count). The van der Waals surface area contributed by atoms with E-state index in [-0.39, 0.29) is 22.4 Å². The third-order valence-electron chi connectivity index (χ3n) is 5.12. The molecule has 5 aromatic rings.